The minimum Gasteiger partial charge on any atom is -0.469 e. The molecule has 2 aromatic heterocycles. The second kappa shape index (κ2) is 8.61. The largest absolute Gasteiger partial charge is 0.469 e. The number of benzene rings is 1. The van der Waals surface area contributed by atoms with Crippen molar-refractivity contribution in [3.05, 3.63) is 60.2 Å². The smallest absolute Gasteiger partial charge is 0.191 e. The average molecular weight is 425 g/mol. The zero-order valence-corrected chi connectivity index (χ0v) is 15.2. The van der Waals surface area contributed by atoms with Gasteiger partial charge in [-0.3, -0.25) is 4.99 Å². The summed E-state index contributed by atoms with van der Waals surface area (Å²) in [5.74, 6) is 2.59. The highest BCUT2D eigenvalue weighted by Gasteiger charge is 2.04. The number of hydrogen-bond acceptors (Lipinski definition) is 3. The number of hydrogen-bond donors (Lipinski definition) is 2. The lowest BCUT2D eigenvalue weighted by molar-refractivity contribution is 0.506. The van der Waals surface area contributed by atoms with E-state index in [-0.39, 0.29) is 24.0 Å². The first-order valence-electron chi connectivity index (χ1n) is 7.29. The Balaban J connectivity index is 0.00000192. The maximum atomic E-state index is 5.77. The third-order valence-corrected chi connectivity index (χ3v) is 3.37. The molecule has 3 rings (SSSR count). The summed E-state index contributed by atoms with van der Waals surface area (Å²) in [5, 5.41) is 7.60. The zero-order chi connectivity index (χ0) is 15.2. The van der Waals surface area contributed by atoms with Crippen molar-refractivity contribution in [1.29, 1.82) is 0 Å². The van der Waals surface area contributed by atoms with Gasteiger partial charge in [0, 0.05) is 25.4 Å². The molecular weight excluding hydrogens is 405 g/mol. The molecule has 1 aromatic carbocycles. The number of para-hydroxylation sites is 1. The van der Waals surface area contributed by atoms with Crippen molar-refractivity contribution in [2.75, 3.05) is 13.6 Å². The molecule has 2 heterocycles. The number of nitrogens with zero attached hydrogens (tertiary/aromatic N) is 1. The molecule has 0 spiro atoms. The van der Waals surface area contributed by atoms with Gasteiger partial charge in [0.1, 0.15) is 17.1 Å². The summed E-state index contributed by atoms with van der Waals surface area (Å²) in [6.07, 6.45) is 2.50. The van der Waals surface area contributed by atoms with Gasteiger partial charge >= 0.3 is 0 Å². The van der Waals surface area contributed by atoms with Crippen molar-refractivity contribution < 1.29 is 8.83 Å². The molecule has 3 aromatic rings. The summed E-state index contributed by atoms with van der Waals surface area (Å²) in [7, 11) is 1.75. The van der Waals surface area contributed by atoms with Crippen LogP contribution in [0.2, 0.25) is 0 Å². The summed E-state index contributed by atoms with van der Waals surface area (Å²) in [5.41, 5.74) is 0.903. The normalized spacial score (nSPS) is 11.3. The van der Waals surface area contributed by atoms with Crippen molar-refractivity contribution in [2.45, 2.75) is 13.0 Å². The monoisotopic (exact) mass is 425 g/mol. The molecule has 23 heavy (non-hydrogen) atoms. The van der Waals surface area contributed by atoms with Crippen molar-refractivity contribution in [2.24, 2.45) is 4.99 Å². The molecule has 0 radical (unpaired) electrons. The molecule has 6 heteroatoms. The van der Waals surface area contributed by atoms with Crippen molar-refractivity contribution >= 4 is 40.9 Å². The summed E-state index contributed by atoms with van der Waals surface area (Å²) in [6.45, 7) is 1.35. The molecule has 0 saturated carbocycles. The van der Waals surface area contributed by atoms with Gasteiger partial charge in [-0.1, -0.05) is 18.2 Å². The quantitative estimate of drug-likeness (QED) is 0.373. The molecule has 0 unspecified atom stereocenters. The van der Waals surface area contributed by atoms with Crippen LogP contribution in [0.3, 0.4) is 0 Å². The number of halogens is 1. The molecule has 0 aliphatic carbocycles. The van der Waals surface area contributed by atoms with E-state index in [4.69, 9.17) is 8.83 Å². The van der Waals surface area contributed by atoms with Crippen LogP contribution in [0, 0.1) is 0 Å². The van der Waals surface area contributed by atoms with Crippen LogP contribution in [0.25, 0.3) is 11.0 Å². The predicted octanol–water partition coefficient (Wildman–Crippen LogP) is 3.55. The van der Waals surface area contributed by atoms with Gasteiger partial charge in [-0.05, 0) is 24.3 Å². The summed E-state index contributed by atoms with van der Waals surface area (Å²) in [4.78, 5) is 4.20. The molecule has 0 aliphatic heterocycles. The lowest BCUT2D eigenvalue weighted by Gasteiger charge is -2.10. The molecule has 2 N–H and O–H groups in total. The van der Waals surface area contributed by atoms with Crippen molar-refractivity contribution in [3.8, 4) is 0 Å². The van der Waals surface area contributed by atoms with E-state index in [1.54, 1.807) is 13.3 Å². The molecule has 5 nitrogen and oxygen atoms in total. The van der Waals surface area contributed by atoms with Crippen LogP contribution >= 0.6 is 24.0 Å². The minimum atomic E-state index is 0. The summed E-state index contributed by atoms with van der Waals surface area (Å²) >= 11 is 0. The van der Waals surface area contributed by atoms with Crippen molar-refractivity contribution in [1.82, 2.24) is 10.6 Å². The van der Waals surface area contributed by atoms with Gasteiger partial charge in [-0.25, -0.2) is 0 Å². The molecule has 0 bridgehead atoms. The maximum Gasteiger partial charge on any atom is 0.191 e. The van der Waals surface area contributed by atoms with Crippen LogP contribution < -0.4 is 10.6 Å². The van der Waals surface area contributed by atoms with Gasteiger partial charge in [-0.2, -0.15) is 0 Å². The van der Waals surface area contributed by atoms with E-state index >= 15 is 0 Å². The number of rotatable bonds is 5. The van der Waals surface area contributed by atoms with E-state index in [2.05, 4.69) is 15.6 Å². The third-order valence-electron chi connectivity index (χ3n) is 3.37. The van der Waals surface area contributed by atoms with Gasteiger partial charge in [-0.15, -0.1) is 24.0 Å². The molecule has 0 aliphatic rings. The molecule has 0 atom stereocenters. The Morgan fingerprint density at radius 3 is 2.70 bits per heavy atom. The van der Waals surface area contributed by atoms with Crippen LogP contribution in [-0.4, -0.2) is 19.6 Å². The highest BCUT2D eigenvalue weighted by atomic mass is 127. The molecule has 122 valence electrons. The van der Waals surface area contributed by atoms with Gasteiger partial charge in [0.15, 0.2) is 5.96 Å². The third kappa shape index (κ3) is 4.75. The van der Waals surface area contributed by atoms with Crippen LogP contribution in [0.5, 0.6) is 0 Å². The number of nitrogens with one attached hydrogen (secondary N) is 2. The fourth-order valence-electron chi connectivity index (χ4n) is 2.27. The van der Waals surface area contributed by atoms with Crippen LogP contribution in [0.4, 0.5) is 0 Å². The minimum absolute atomic E-state index is 0. The topological polar surface area (TPSA) is 62.7 Å². The van der Waals surface area contributed by atoms with E-state index in [0.29, 0.717) is 6.54 Å². The SMILES string of the molecule is CN=C(NCCc1ccco1)NCc1cc2ccccc2o1.I. The number of fused-ring (bicyclic) bond motifs is 1. The molecule has 0 saturated heterocycles. The Kier molecular flexibility index (Phi) is 6.52. The highest BCUT2D eigenvalue weighted by Crippen LogP contribution is 2.18. The van der Waals surface area contributed by atoms with E-state index in [1.807, 2.05) is 42.5 Å². The van der Waals surface area contributed by atoms with Gasteiger partial charge in [0.25, 0.3) is 0 Å². The number of guanidine groups is 1. The van der Waals surface area contributed by atoms with Crippen molar-refractivity contribution in [3.63, 3.8) is 0 Å². The fraction of sp³-hybridized carbons (Fsp3) is 0.235. The second-order valence-electron chi connectivity index (χ2n) is 4.93. The average Bonchev–Trinajstić information content (AvgIpc) is 3.19. The van der Waals surface area contributed by atoms with E-state index in [9.17, 15) is 0 Å². The molecule has 0 fully saturated rings. The highest BCUT2D eigenvalue weighted by molar-refractivity contribution is 14.0. The van der Waals surface area contributed by atoms with Gasteiger partial charge in [0.2, 0.25) is 0 Å². The Morgan fingerprint density at radius 1 is 1.09 bits per heavy atom. The lowest BCUT2D eigenvalue weighted by atomic mass is 10.2. The number of furan rings is 2. The van der Waals surface area contributed by atoms with Gasteiger partial charge < -0.3 is 19.5 Å². The van der Waals surface area contributed by atoms with Crippen LogP contribution in [0.1, 0.15) is 11.5 Å². The van der Waals surface area contributed by atoms with E-state index in [0.717, 1.165) is 41.4 Å². The second-order valence-corrected chi connectivity index (χ2v) is 4.93. The standard InChI is InChI=1S/C17H19N3O2.HI/c1-18-17(19-9-8-14-6-4-10-21-14)20-12-15-11-13-5-2-3-7-16(13)22-15;/h2-7,10-11H,8-9,12H2,1H3,(H2,18,19,20);1H. The Labute approximate surface area is 152 Å². The summed E-state index contributed by atoms with van der Waals surface area (Å²) in [6, 6.07) is 13.9. The molecule has 0 amide bonds. The van der Waals surface area contributed by atoms with E-state index < -0.39 is 0 Å². The molecular formula is C17H20IN3O2. The Hall–Kier alpha value is -1.96. The first kappa shape index (κ1) is 17.4. The van der Waals surface area contributed by atoms with Crippen LogP contribution in [-0.2, 0) is 13.0 Å². The predicted molar refractivity (Wildman–Crippen MR) is 102 cm³/mol. The number of aliphatic imine (C=N–C) groups is 1. The Bertz CT molecular complexity index is 717. The Morgan fingerprint density at radius 2 is 1.96 bits per heavy atom. The van der Waals surface area contributed by atoms with E-state index in [1.165, 1.54) is 0 Å². The fourth-order valence-corrected chi connectivity index (χ4v) is 2.27. The first-order valence-corrected chi connectivity index (χ1v) is 7.29. The zero-order valence-electron chi connectivity index (χ0n) is 12.9. The first-order chi connectivity index (χ1) is 10.8. The lowest BCUT2D eigenvalue weighted by Crippen LogP contribution is -2.37. The van der Waals surface area contributed by atoms with Crippen LogP contribution in [0.15, 0.2) is 62.6 Å². The summed E-state index contributed by atoms with van der Waals surface area (Å²) < 4.78 is 11.1. The van der Waals surface area contributed by atoms with Gasteiger partial charge in [0.05, 0.1) is 12.8 Å². The maximum absolute atomic E-state index is 5.77.